The van der Waals surface area contributed by atoms with Gasteiger partial charge in [-0.15, -0.1) is 0 Å². The third-order valence-corrected chi connectivity index (χ3v) is 6.98. The van der Waals surface area contributed by atoms with Crippen LogP contribution in [0.1, 0.15) is 16.1 Å². The number of fused-ring (bicyclic) bond motifs is 1. The molecule has 174 valence electrons. The summed E-state index contributed by atoms with van der Waals surface area (Å²) in [7, 11) is -2.01. The number of amides is 1. The van der Waals surface area contributed by atoms with E-state index in [9.17, 15) is 31.5 Å². The van der Waals surface area contributed by atoms with Crippen LogP contribution in [0.3, 0.4) is 0 Å². The molecule has 1 fully saturated rings. The van der Waals surface area contributed by atoms with E-state index < -0.39 is 45.4 Å². The van der Waals surface area contributed by atoms with Crippen LogP contribution < -0.4 is 4.74 Å². The van der Waals surface area contributed by atoms with Gasteiger partial charge in [0, 0.05) is 24.7 Å². The van der Waals surface area contributed by atoms with Crippen LogP contribution in [0, 0.1) is 0 Å². The molecule has 4 rings (SSSR count). The molecule has 1 N–H and O–H groups in total. The summed E-state index contributed by atoms with van der Waals surface area (Å²) in [5.41, 5.74) is -0.372. The van der Waals surface area contributed by atoms with Gasteiger partial charge in [-0.05, 0) is 30.3 Å². The fourth-order valence-corrected chi connectivity index (χ4v) is 5.37. The Bertz CT molecular complexity index is 1310. The molecule has 0 saturated carbocycles. The number of likely N-dealkylation sites (N-methyl/N-ethyl adjacent to an activating group) is 1. The molecule has 33 heavy (non-hydrogen) atoms. The average molecular weight is 481 g/mol. The number of alkyl halides is 3. The van der Waals surface area contributed by atoms with E-state index in [1.807, 2.05) is 0 Å². The maximum Gasteiger partial charge on any atom is 0.417 e. The Balaban J connectivity index is 1.51. The van der Waals surface area contributed by atoms with Gasteiger partial charge in [0.1, 0.15) is 11.4 Å². The quantitative estimate of drug-likeness (QED) is 0.610. The lowest BCUT2D eigenvalue weighted by Gasteiger charge is -2.25. The number of ether oxygens (including phenoxy) is 1. The van der Waals surface area contributed by atoms with Gasteiger partial charge >= 0.3 is 6.18 Å². The number of aromatic nitrogens is 2. The first-order chi connectivity index (χ1) is 15.4. The highest BCUT2D eigenvalue weighted by molar-refractivity contribution is 7.91. The molecule has 1 aromatic carbocycles. The Morgan fingerprint density at radius 3 is 2.52 bits per heavy atom. The molecule has 3 aromatic rings. The Kier molecular flexibility index (Phi) is 5.74. The maximum absolute atomic E-state index is 12.8. The Labute approximate surface area is 186 Å². The van der Waals surface area contributed by atoms with Crippen molar-refractivity contribution in [2.45, 2.75) is 18.3 Å². The molecule has 3 heterocycles. The molecule has 2 atom stereocenters. The first kappa shape index (κ1) is 22.9. The van der Waals surface area contributed by atoms with Crippen LogP contribution in [0.25, 0.3) is 10.9 Å². The molecule has 1 aliphatic heterocycles. The zero-order chi connectivity index (χ0) is 24.0. The lowest BCUT2D eigenvalue weighted by molar-refractivity contribution is -0.137. The average Bonchev–Trinajstić information content (AvgIpc) is 3.04. The summed E-state index contributed by atoms with van der Waals surface area (Å²) < 4.78 is 66.9. The molecular weight excluding hydrogens is 463 g/mol. The number of halogens is 3. The van der Waals surface area contributed by atoms with E-state index in [1.54, 1.807) is 18.2 Å². The number of pyridine rings is 2. The van der Waals surface area contributed by atoms with Crippen molar-refractivity contribution < 1.29 is 36.2 Å². The van der Waals surface area contributed by atoms with Gasteiger partial charge in [-0.3, -0.25) is 4.79 Å². The van der Waals surface area contributed by atoms with Crippen molar-refractivity contribution in [1.82, 2.24) is 14.9 Å². The van der Waals surface area contributed by atoms with Gasteiger partial charge in [0.2, 0.25) is 5.88 Å². The molecule has 1 amide bonds. The number of carbonyl (C=O) groups excluding carboxylic acids is 1. The summed E-state index contributed by atoms with van der Waals surface area (Å²) in [6.45, 7) is 0. The van der Waals surface area contributed by atoms with Crippen LogP contribution >= 0.6 is 0 Å². The van der Waals surface area contributed by atoms with Crippen molar-refractivity contribution in [1.29, 1.82) is 0 Å². The van der Waals surface area contributed by atoms with Gasteiger partial charge in [-0.2, -0.15) is 13.2 Å². The number of hydrogen-bond donors (Lipinski definition) is 1. The van der Waals surface area contributed by atoms with Crippen molar-refractivity contribution in [2.75, 3.05) is 18.6 Å². The summed E-state index contributed by atoms with van der Waals surface area (Å²) >= 11 is 0. The fourth-order valence-electron chi connectivity index (χ4n) is 3.53. The second kappa shape index (κ2) is 8.27. The van der Waals surface area contributed by atoms with Crippen LogP contribution in [-0.4, -0.2) is 65.0 Å². The van der Waals surface area contributed by atoms with E-state index in [2.05, 4.69) is 9.97 Å². The molecule has 0 spiro atoms. The van der Waals surface area contributed by atoms with Crippen LogP contribution in [0.5, 0.6) is 11.6 Å². The van der Waals surface area contributed by atoms with Crippen LogP contribution in [0.4, 0.5) is 13.2 Å². The van der Waals surface area contributed by atoms with Crippen molar-refractivity contribution in [3.05, 3.63) is 59.9 Å². The van der Waals surface area contributed by atoms with E-state index >= 15 is 0 Å². The maximum atomic E-state index is 12.8. The lowest BCUT2D eigenvalue weighted by atomic mass is 10.1. The molecule has 1 aliphatic rings. The Morgan fingerprint density at radius 1 is 1.15 bits per heavy atom. The molecule has 0 aliphatic carbocycles. The largest absolute Gasteiger partial charge is 0.439 e. The minimum absolute atomic E-state index is 0.0196. The van der Waals surface area contributed by atoms with Gasteiger partial charge < -0.3 is 14.7 Å². The predicted molar refractivity (Wildman–Crippen MR) is 112 cm³/mol. The zero-order valence-corrected chi connectivity index (χ0v) is 18.0. The van der Waals surface area contributed by atoms with Crippen molar-refractivity contribution in [3.8, 4) is 11.6 Å². The molecule has 1 saturated heterocycles. The molecule has 2 unspecified atom stereocenters. The number of carbonyl (C=O) groups is 1. The van der Waals surface area contributed by atoms with Crippen molar-refractivity contribution in [2.24, 2.45) is 0 Å². The van der Waals surface area contributed by atoms with E-state index in [1.165, 1.54) is 24.1 Å². The molecule has 2 aromatic heterocycles. The smallest absolute Gasteiger partial charge is 0.417 e. The highest BCUT2D eigenvalue weighted by atomic mass is 32.2. The summed E-state index contributed by atoms with van der Waals surface area (Å²) in [4.78, 5) is 21.9. The monoisotopic (exact) mass is 481 g/mol. The van der Waals surface area contributed by atoms with Crippen molar-refractivity contribution in [3.63, 3.8) is 0 Å². The zero-order valence-electron chi connectivity index (χ0n) is 17.2. The molecule has 0 radical (unpaired) electrons. The number of nitrogens with zero attached hydrogens (tertiary/aromatic N) is 3. The standard InChI is InChI=1S/C21H18F3N3O5S/c1-27(17-10-33(30,31)11-18(17)28)20(29)16-5-2-12-8-14(4-6-15(12)26-16)32-19-7-3-13(9-25-19)21(22,23)24/h2-9,17-18,28H,10-11H2,1H3. The van der Waals surface area contributed by atoms with Crippen molar-refractivity contribution >= 4 is 26.6 Å². The summed E-state index contributed by atoms with van der Waals surface area (Å²) in [6.07, 6.45) is -4.98. The topological polar surface area (TPSA) is 110 Å². The van der Waals surface area contributed by atoms with Gasteiger partial charge in [0.15, 0.2) is 9.84 Å². The number of sulfone groups is 1. The van der Waals surface area contributed by atoms with Gasteiger partial charge in [0.05, 0.1) is 34.7 Å². The van der Waals surface area contributed by atoms with Gasteiger partial charge in [-0.1, -0.05) is 6.07 Å². The lowest BCUT2D eigenvalue weighted by Crippen LogP contribution is -2.44. The second-order valence-corrected chi connectivity index (χ2v) is 9.82. The van der Waals surface area contributed by atoms with E-state index in [-0.39, 0.29) is 17.3 Å². The number of rotatable bonds is 4. The SMILES string of the molecule is CN(C(=O)c1ccc2cc(Oc3ccc(C(F)(F)F)cn3)ccc2n1)C1CS(=O)(=O)CC1O. The third-order valence-electron chi connectivity index (χ3n) is 5.28. The van der Waals surface area contributed by atoms with E-state index in [0.29, 0.717) is 22.8 Å². The van der Waals surface area contributed by atoms with Crippen LogP contribution in [-0.2, 0) is 16.0 Å². The van der Waals surface area contributed by atoms with Crippen LogP contribution in [0.15, 0.2) is 48.7 Å². The Morgan fingerprint density at radius 2 is 1.91 bits per heavy atom. The molecular formula is C21H18F3N3O5S. The summed E-state index contributed by atoms with van der Waals surface area (Å²) in [5.74, 6) is -0.951. The van der Waals surface area contributed by atoms with Crippen LogP contribution in [0.2, 0.25) is 0 Å². The predicted octanol–water partition coefficient (Wildman–Crippen LogP) is 2.67. The summed E-state index contributed by atoms with van der Waals surface area (Å²) in [6, 6.07) is 8.88. The second-order valence-electron chi connectivity index (χ2n) is 7.66. The molecule has 8 nitrogen and oxygen atoms in total. The molecule has 12 heteroatoms. The first-order valence-corrected chi connectivity index (χ1v) is 11.5. The number of aliphatic hydroxyl groups excluding tert-OH is 1. The Hall–Kier alpha value is -3.25. The minimum Gasteiger partial charge on any atom is -0.439 e. The highest BCUT2D eigenvalue weighted by Crippen LogP contribution is 2.30. The normalized spacial score (nSPS) is 20.0. The third kappa shape index (κ3) is 4.91. The number of benzene rings is 1. The van der Waals surface area contributed by atoms with E-state index in [0.717, 1.165) is 12.1 Å². The van der Waals surface area contributed by atoms with E-state index in [4.69, 9.17) is 4.74 Å². The number of aliphatic hydroxyl groups is 1. The summed E-state index contributed by atoms with van der Waals surface area (Å²) in [5, 5.41) is 10.6. The molecule has 0 bridgehead atoms. The number of hydrogen-bond acceptors (Lipinski definition) is 7. The fraction of sp³-hybridized carbons (Fsp3) is 0.286. The van der Waals surface area contributed by atoms with Gasteiger partial charge in [-0.25, -0.2) is 18.4 Å². The highest BCUT2D eigenvalue weighted by Gasteiger charge is 2.40. The van der Waals surface area contributed by atoms with Gasteiger partial charge in [0.25, 0.3) is 5.91 Å². The minimum atomic E-state index is -4.49. The first-order valence-electron chi connectivity index (χ1n) is 9.70.